The van der Waals surface area contributed by atoms with Gasteiger partial charge in [-0.2, -0.15) is 8.42 Å². The van der Waals surface area contributed by atoms with Crippen molar-refractivity contribution in [1.29, 1.82) is 0 Å². The summed E-state index contributed by atoms with van der Waals surface area (Å²) >= 11 is 1.44. The number of aromatic nitrogens is 4. The molecule has 34 nitrogen and oxygen atoms in total. The van der Waals surface area contributed by atoms with Crippen molar-refractivity contribution in [2.75, 3.05) is 75.2 Å². The minimum absolute atomic E-state index is 0.0391. The van der Waals surface area contributed by atoms with Crippen LogP contribution < -0.4 is 51.6 Å². The molecule has 0 unspecified atom stereocenters. The normalized spacial score (nSPS) is 27.0. The maximum absolute atomic E-state index is 14.9. The summed E-state index contributed by atoms with van der Waals surface area (Å²) in [7, 11) is -5.23. The highest BCUT2D eigenvalue weighted by atomic mass is 32.3. The molecule has 4 aromatic rings. The van der Waals surface area contributed by atoms with Gasteiger partial charge >= 0.3 is 10.4 Å². The topological polar surface area (TPSA) is 497 Å². The lowest BCUT2D eigenvalue weighted by Gasteiger charge is -2.34. The number of carbonyl (C=O) groups excluding carboxylic acids is 7. The molecule has 6 fully saturated rings. The van der Waals surface area contributed by atoms with Crippen molar-refractivity contribution in [1.82, 2.24) is 61.9 Å². The van der Waals surface area contributed by atoms with E-state index >= 15 is 0 Å². The number of phenolic OH excluding ortho intramolecular Hbond substituents is 1. The summed E-state index contributed by atoms with van der Waals surface area (Å²) < 4.78 is 43.5. The predicted molar refractivity (Wildman–Crippen MR) is 367 cm³/mol. The van der Waals surface area contributed by atoms with Gasteiger partial charge in [0.2, 0.25) is 52.4 Å². The Bertz CT molecular complexity index is 3670. The number of fused-ring (bicyclic) bond motifs is 2. The number of benzene rings is 2. The SMILES string of the molecule is C[C@@H](O)[C@@H]1NC(=O)[C@@H](NCC2CCN(c3nnc(-c4ccc(-c5cnc(N6CCC(OC7CCCCC7)CC6)nc5)cc4)s3)CC2)C[C@@H](O)CNC(=O)[C@@H]2[C@@H](O)[C@@H](C)CN2C(=O)[C@H]([C@H](O)CC(=O)NCCN)NC(=O)[C@H]([C@H](O)Cc2ccc(O)c(OS(=O)(=O)O)c2)NC(=O)[C@@H]2C[C@@H](O)CN2C1=O. The van der Waals surface area contributed by atoms with Crippen molar-refractivity contribution in [3.8, 4) is 33.2 Å². The summed E-state index contributed by atoms with van der Waals surface area (Å²) in [5.41, 5.74) is 8.15. The van der Waals surface area contributed by atoms with Crippen LogP contribution in [0.5, 0.6) is 11.5 Å². The second kappa shape index (κ2) is 34.6. The molecule has 0 bridgehead atoms. The van der Waals surface area contributed by atoms with Crippen LogP contribution in [0.1, 0.15) is 96.5 Å². The molecule has 16 N–H and O–H groups in total. The number of carbonyl (C=O) groups is 7. The first-order valence-electron chi connectivity index (χ1n) is 34.7. The minimum atomic E-state index is -5.23. The summed E-state index contributed by atoms with van der Waals surface area (Å²) in [6, 6.07) is -0.318. The number of phenols is 1. The van der Waals surface area contributed by atoms with E-state index in [1.807, 2.05) is 36.7 Å². The second-order valence-electron chi connectivity index (χ2n) is 27.3. The minimum Gasteiger partial charge on any atom is -0.504 e. The average molecular weight is 1460 g/mol. The third kappa shape index (κ3) is 19.7. The molecular weight excluding hydrogens is 1370 g/mol. The fraction of sp³-hybridized carbons (Fsp3) is 0.621. The van der Waals surface area contributed by atoms with E-state index in [-0.39, 0.29) is 43.8 Å². The maximum atomic E-state index is 14.9. The fourth-order valence-corrected chi connectivity index (χ4v) is 15.2. The van der Waals surface area contributed by atoms with E-state index in [1.165, 1.54) is 44.4 Å². The van der Waals surface area contributed by atoms with Gasteiger partial charge in [-0.15, -0.1) is 10.2 Å². The molecular formula is C66H93N15O19S2. The Morgan fingerprint density at radius 2 is 1.38 bits per heavy atom. The first-order chi connectivity index (χ1) is 48.7. The molecule has 5 saturated heterocycles. The van der Waals surface area contributed by atoms with Crippen LogP contribution in [0.25, 0.3) is 21.7 Å². The van der Waals surface area contributed by atoms with Crippen LogP contribution in [-0.2, 0) is 55.1 Å². The quantitative estimate of drug-likeness (QED) is 0.0402. The van der Waals surface area contributed by atoms with Crippen LogP contribution in [0.15, 0.2) is 54.9 Å². The number of rotatable bonds is 20. The molecule has 558 valence electrons. The summed E-state index contributed by atoms with van der Waals surface area (Å²) in [5, 5.41) is 105. The molecule has 102 heavy (non-hydrogen) atoms. The Kier molecular flexibility index (Phi) is 26.0. The standard InChI is InChI=1S/C66H93N15O19S2/c1-35-33-81-56(57(35)89)61(93)70-32-42(83)26-46(69-29-37-14-20-79(21-15-37)66-77-76-62(101-66)40-11-9-39(10-12-40)41-30-71-65(72-31-41)78-22-16-45(17-23-78)99-44-6-4-3-5-7-44)58(90)73-53(36(2)82)63(94)80-34-43(84)27-47(80)59(91)74-54(49(86)24-38-8-13-48(85)51(25-38)100-102(96,97)98)60(92)75-55(64(81)95)50(87)28-52(88)68-19-18-67/h8-13,25,30-31,35-37,42-47,49-50,53-57,69,82-87,89H,3-7,14-24,26-29,32-34,67H2,1-2H3,(H,68,88)(H,70,93)(H,73,90)(H,74,91)(H,75,92)(H,96,97,98)/t35-,36+,42+,43+,46-,47-,49+,50+,53-,54-,55-,56-,57-/m0/s1. The predicted octanol–water partition coefficient (Wildman–Crippen LogP) is -2.64. The first-order valence-corrected chi connectivity index (χ1v) is 36.9. The average Bonchev–Trinajstić information content (AvgIpc) is 1.64. The van der Waals surface area contributed by atoms with Gasteiger partial charge in [-0.1, -0.05) is 67.9 Å². The Morgan fingerprint density at radius 3 is 2.06 bits per heavy atom. The molecule has 6 aliphatic rings. The van der Waals surface area contributed by atoms with Gasteiger partial charge in [0.05, 0.1) is 61.3 Å². The van der Waals surface area contributed by atoms with Gasteiger partial charge in [0.1, 0.15) is 35.2 Å². The lowest BCUT2D eigenvalue weighted by molar-refractivity contribution is -0.147. The number of nitrogens with two attached hydrogens (primary N) is 1. The van der Waals surface area contributed by atoms with Crippen molar-refractivity contribution < 1.29 is 91.2 Å². The number of nitrogens with zero attached hydrogens (tertiary/aromatic N) is 8. The number of amides is 7. The molecule has 10 rings (SSSR count). The van der Waals surface area contributed by atoms with Gasteiger partial charge in [0.25, 0.3) is 0 Å². The molecule has 13 atom stereocenters. The second-order valence-corrected chi connectivity index (χ2v) is 29.3. The van der Waals surface area contributed by atoms with Crippen LogP contribution in [0.3, 0.4) is 0 Å². The van der Waals surface area contributed by atoms with Crippen LogP contribution in [-0.4, -0.2) is 271 Å². The molecule has 0 spiro atoms. The zero-order valence-electron chi connectivity index (χ0n) is 56.7. The highest BCUT2D eigenvalue weighted by Gasteiger charge is 2.50. The van der Waals surface area contributed by atoms with Gasteiger partial charge in [-0.05, 0) is 87.6 Å². The Morgan fingerprint density at radius 1 is 0.735 bits per heavy atom. The van der Waals surface area contributed by atoms with Crippen molar-refractivity contribution >= 4 is 74.2 Å². The van der Waals surface area contributed by atoms with E-state index in [0.29, 0.717) is 48.1 Å². The zero-order chi connectivity index (χ0) is 73.1. The van der Waals surface area contributed by atoms with Gasteiger partial charge < -0.3 is 102 Å². The highest BCUT2D eigenvalue weighted by molar-refractivity contribution is 7.81. The van der Waals surface area contributed by atoms with Crippen molar-refractivity contribution in [2.45, 2.75) is 182 Å². The van der Waals surface area contributed by atoms with E-state index in [2.05, 4.69) is 56.1 Å². The smallest absolute Gasteiger partial charge is 0.446 e. The van der Waals surface area contributed by atoms with Gasteiger partial charge in [-0.25, -0.2) is 9.97 Å². The largest absolute Gasteiger partial charge is 0.504 e. The first kappa shape index (κ1) is 76.8. The lowest BCUT2D eigenvalue weighted by atomic mass is 9.96. The number of hydrogen-bond acceptors (Lipinski definition) is 27. The van der Waals surface area contributed by atoms with E-state index in [9.17, 15) is 82.3 Å². The van der Waals surface area contributed by atoms with E-state index in [4.69, 9.17) is 20.4 Å². The third-order valence-electron chi connectivity index (χ3n) is 19.7. The van der Waals surface area contributed by atoms with Gasteiger partial charge in [-0.3, -0.25) is 38.1 Å². The van der Waals surface area contributed by atoms with Crippen molar-refractivity contribution in [2.24, 2.45) is 17.6 Å². The number of piperidine rings is 2. The van der Waals surface area contributed by atoms with Crippen molar-refractivity contribution in [3.05, 3.63) is 60.4 Å². The molecule has 5 aliphatic heterocycles. The summed E-state index contributed by atoms with van der Waals surface area (Å²) in [5.74, 6) is -9.70. The lowest BCUT2D eigenvalue weighted by Crippen LogP contribution is -2.64. The zero-order valence-corrected chi connectivity index (χ0v) is 58.4. The highest BCUT2D eigenvalue weighted by Crippen LogP contribution is 2.35. The van der Waals surface area contributed by atoms with Crippen LogP contribution in [0.2, 0.25) is 0 Å². The summed E-state index contributed by atoms with van der Waals surface area (Å²) in [6.45, 7) is 3.98. The number of aliphatic hydroxyl groups excluding tert-OH is 6. The maximum Gasteiger partial charge on any atom is 0.446 e. The van der Waals surface area contributed by atoms with Gasteiger partial charge in [0.15, 0.2) is 11.5 Å². The Balaban J connectivity index is 0.835. The third-order valence-corrected chi connectivity index (χ3v) is 21.1. The number of ether oxygens (including phenoxy) is 1. The summed E-state index contributed by atoms with van der Waals surface area (Å²) in [6.07, 6.45) is 0.385. The number of anilines is 2. The van der Waals surface area contributed by atoms with Crippen molar-refractivity contribution in [3.63, 3.8) is 0 Å². The van der Waals surface area contributed by atoms with Crippen LogP contribution >= 0.6 is 11.3 Å². The molecule has 36 heteroatoms. The number of hydrogen-bond donors (Lipinski definition) is 15. The van der Waals surface area contributed by atoms with Gasteiger partial charge in [0, 0.05) is 101 Å². The summed E-state index contributed by atoms with van der Waals surface area (Å²) in [4.78, 5) is 117. The Labute approximate surface area is 593 Å². The van der Waals surface area contributed by atoms with Crippen LogP contribution in [0.4, 0.5) is 11.1 Å². The number of aliphatic hydroxyl groups is 6. The molecule has 2 aromatic heterocycles. The number of β-amino-alcohol motifs (C(OH)–C–C–N with tert-alkyl or cyclic N) is 1. The van der Waals surface area contributed by atoms with E-state index in [1.54, 1.807) is 0 Å². The molecule has 1 aliphatic carbocycles. The van der Waals surface area contributed by atoms with E-state index < -0.39 is 181 Å². The monoisotopic (exact) mass is 1460 g/mol. The molecule has 7 heterocycles. The molecule has 2 aromatic carbocycles. The fourth-order valence-electron chi connectivity index (χ4n) is 14.0. The number of aromatic hydroxyl groups is 1. The van der Waals surface area contributed by atoms with E-state index in [0.717, 1.165) is 83.5 Å². The van der Waals surface area contributed by atoms with Crippen LogP contribution in [0, 0.1) is 11.8 Å². The molecule has 1 saturated carbocycles. The number of nitrogens with one attached hydrogen (secondary N) is 6. The molecule has 0 radical (unpaired) electrons. The Hall–Kier alpha value is -7.88. The molecule has 7 amide bonds.